The van der Waals surface area contributed by atoms with Crippen LogP contribution in [0.5, 0.6) is 0 Å². The molecule has 1 aromatic heterocycles. The molecule has 1 aliphatic carbocycles. The van der Waals surface area contributed by atoms with Crippen molar-refractivity contribution in [3.63, 3.8) is 0 Å². The minimum atomic E-state index is -0.931. The zero-order valence-electron chi connectivity index (χ0n) is 10.0. The van der Waals surface area contributed by atoms with Gasteiger partial charge >= 0.3 is 5.97 Å². The standard InChI is InChI=1S/C13H15N3O2/c14-9-10-5-4-6-11(15-10)16-13(12(17)18)7-2-1-3-8-13/h4-6H,1-3,7-8H2,(H,15,16)(H,17,18). The molecule has 5 heteroatoms. The lowest BCUT2D eigenvalue weighted by molar-refractivity contribution is -0.143. The molecular formula is C13H15N3O2. The van der Waals surface area contributed by atoms with E-state index in [0.29, 0.717) is 18.7 Å². The van der Waals surface area contributed by atoms with Gasteiger partial charge in [-0.1, -0.05) is 25.3 Å². The second-order valence-corrected chi connectivity index (χ2v) is 4.59. The van der Waals surface area contributed by atoms with Crippen molar-refractivity contribution in [2.75, 3.05) is 5.32 Å². The van der Waals surface area contributed by atoms with Crippen LogP contribution in [-0.2, 0) is 4.79 Å². The predicted octanol–water partition coefficient (Wildman–Crippen LogP) is 2.15. The van der Waals surface area contributed by atoms with Crippen molar-refractivity contribution >= 4 is 11.8 Å². The first-order valence-corrected chi connectivity index (χ1v) is 6.05. The molecule has 5 nitrogen and oxygen atoms in total. The van der Waals surface area contributed by atoms with Gasteiger partial charge in [0.1, 0.15) is 23.1 Å². The van der Waals surface area contributed by atoms with Gasteiger partial charge in [0.25, 0.3) is 0 Å². The molecule has 1 heterocycles. The number of hydrogen-bond acceptors (Lipinski definition) is 4. The lowest BCUT2D eigenvalue weighted by Crippen LogP contribution is -2.48. The number of aliphatic carboxylic acids is 1. The molecule has 0 aliphatic heterocycles. The van der Waals surface area contributed by atoms with Gasteiger partial charge in [-0.15, -0.1) is 0 Å². The Hall–Kier alpha value is -2.09. The highest BCUT2D eigenvalue weighted by atomic mass is 16.4. The summed E-state index contributed by atoms with van der Waals surface area (Å²) in [6.07, 6.45) is 4.07. The molecule has 2 rings (SSSR count). The number of carbonyl (C=O) groups is 1. The summed E-state index contributed by atoms with van der Waals surface area (Å²) in [7, 11) is 0. The molecule has 2 N–H and O–H groups in total. The molecule has 0 unspecified atom stereocenters. The smallest absolute Gasteiger partial charge is 0.329 e. The van der Waals surface area contributed by atoms with Crippen molar-refractivity contribution in [1.29, 1.82) is 5.26 Å². The average Bonchev–Trinajstić information content (AvgIpc) is 2.40. The summed E-state index contributed by atoms with van der Waals surface area (Å²) in [6, 6.07) is 6.94. The summed E-state index contributed by atoms with van der Waals surface area (Å²) in [5.41, 5.74) is -0.643. The maximum atomic E-state index is 11.5. The van der Waals surface area contributed by atoms with Gasteiger partial charge in [0.2, 0.25) is 0 Å². The van der Waals surface area contributed by atoms with E-state index < -0.39 is 11.5 Å². The van der Waals surface area contributed by atoms with Crippen molar-refractivity contribution in [2.24, 2.45) is 0 Å². The molecule has 18 heavy (non-hydrogen) atoms. The number of nitriles is 1. The van der Waals surface area contributed by atoms with Crippen molar-refractivity contribution in [1.82, 2.24) is 4.98 Å². The summed E-state index contributed by atoms with van der Waals surface area (Å²) < 4.78 is 0. The van der Waals surface area contributed by atoms with E-state index in [4.69, 9.17) is 5.26 Å². The summed E-state index contributed by atoms with van der Waals surface area (Å²) in [6.45, 7) is 0. The first-order chi connectivity index (χ1) is 8.66. The molecular weight excluding hydrogens is 230 g/mol. The summed E-state index contributed by atoms with van der Waals surface area (Å²) in [4.78, 5) is 15.6. The molecule has 1 aliphatic rings. The van der Waals surface area contributed by atoms with Crippen LogP contribution < -0.4 is 5.32 Å². The normalized spacial score (nSPS) is 17.7. The molecule has 94 valence electrons. The van der Waals surface area contributed by atoms with E-state index in [1.165, 1.54) is 0 Å². The fourth-order valence-electron chi connectivity index (χ4n) is 2.36. The monoisotopic (exact) mass is 245 g/mol. The highest BCUT2D eigenvalue weighted by molar-refractivity contribution is 5.82. The van der Waals surface area contributed by atoms with E-state index in [1.807, 2.05) is 6.07 Å². The average molecular weight is 245 g/mol. The highest BCUT2D eigenvalue weighted by Gasteiger charge is 2.39. The van der Waals surface area contributed by atoms with Gasteiger partial charge in [0, 0.05) is 0 Å². The van der Waals surface area contributed by atoms with Crippen LogP contribution in [0.3, 0.4) is 0 Å². The Labute approximate surface area is 105 Å². The largest absolute Gasteiger partial charge is 0.480 e. The fraction of sp³-hybridized carbons (Fsp3) is 0.462. The number of anilines is 1. The van der Waals surface area contributed by atoms with Crippen LogP contribution >= 0.6 is 0 Å². The predicted molar refractivity (Wildman–Crippen MR) is 66.0 cm³/mol. The van der Waals surface area contributed by atoms with Crippen LogP contribution in [-0.4, -0.2) is 21.6 Å². The van der Waals surface area contributed by atoms with Crippen molar-refractivity contribution < 1.29 is 9.90 Å². The summed E-state index contributed by atoms with van der Waals surface area (Å²) in [5.74, 6) is -0.385. The lowest BCUT2D eigenvalue weighted by atomic mass is 9.81. The van der Waals surface area contributed by atoms with Crippen molar-refractivity contribution in [3.05, 3.63) is 23.9 Å². The van der Waals surface area contributed by atoms with E-state index in [9.17, 15) is 9.90 Å². The number of hydrogen-bond donors (Lipinski definition) is 2. The zero-order valence-corrected chi connectivity index (χ0v) is 10.0. The zero-order chi connectivity index (χ0) is 13.0. The SMILES string of the molecule is N#Cc1cccc(NC2(C(=O)O)CCCCC2)n1. The van der Waals surface area contributed by atoms with E-state index in [-0.39, 0.29) is 5.69 Å². The Balaban J connectivity index is 2.23. The van der Waals surface area contributed by atoms with Gasteiger partial charge in [-0.05, 0) is 25.0 Å². The molecule has 1 saturated carbocycles. The minimum absolute atomic E-state index is 0.288. The first kappa shape index (κ1) is 12.4. The number of nitrogens with one attached hydrogen (secondary N) is 1. The summed E-state index contributed by atoms with van der Waals surface area (Å²) >= 11 is 0. The van der Waals surface area contributed by atoms with E-state index in [1.54, 1.807) is 18.2 Å². The number of aromatic nitrogens is 1. The fourth-order valence-corrected chi connectivity index (χ4v) is 2.36. The van der Waals surface area contributed by atoms with Gasteiger partial charge < -0.3 is 10.4 Å². The molecule has 0 saturated heterocycles. The van der Waals surface area contributed by atoms with Gasteiger partial charge in [0.05, 0.1) is 0 Å². The topological polar surface area (TPSA) is 86.0 Å². The highest BCUT2D eigenvalue weighted by Crippen LogP contribution is 2.31. The lowest BCUT2D eigenvalue weighted by Gasteiger charge is -2.34. The van der Waals surface area contributed by atoms with Crippen LogP contribution in [0.25, 0.3) is 0 Å². The number of carboxylic acid groups (broad SMARTS) is 1. The molecule has 0 spiro atoms. The molecule has 0 bridgehead atoms. The quantitative estimate of drug-likeness (QED) is 0.852. The molecule has 1 fully saturated rings. The second kappa shape index (κ2) is 5.05. The van der Waals surface area contributed by atoms with Crippen LogP contribution in [0.2, 0.25) is 0 Å². The number of rotatable bonds is 3. The van der Waals surface area contributed by atoms with Crippen LogP contribution in [0.15, 0.2) is 18.2 Å². The Morgan fingerprint density at radius 2 is 2.11 bits per heavy atom. The first-order valence-electron chi connectivity index (χ1n) is 6.05. The number of carboxylic acids is 1. The van der Waals surface area contributed by atoms with Gasteiger partial charge in [0.15, 0.2) is 0 Å². The Morgan fingerprint density at radius 3 is 2.72 bits per heavy atom. The molecule has 0 atom stereocenters. The summed E-state index contributed by atoms with van der Waals surface area (Å²) in [5, 5.41) is 21.2. The van der Waals surface area contributed by atoms with E-state index in [2.05, 4.69) is 10.3 Å². The van der Waals surface area contributed by atoms with Gasteiger partial charge in [-0.25, -0.2) is 9.78 Å². The third-order valence-corrected chi connectivity index (χ3v) is 3.35. The Morgan fingerprint density at radius 1 is 1.39 bits per heavy atom. The third-order valence-electron chi connectivity index (χ3n) is 3.35. The van der Waals surface area contributed by atoms with Gasteiger partial charge in [-0.3, -0.25) is 0 Å². The van der Waals surface area contributed by atoms with Crippen LogP contribution in [0.4, 0.5) is 5.82 Å². The number of pyridine rings is 1. The van der Waals surface area contributed by atoms with Crippen molar-refractivity contribution in [3.8, 4) is 6.07 Å². The second-order valence-electron chi connectivity index (χ2n) is 4.59. The van der Waals surface area contributed by atoms with Gasteiger partial charge in [-0.2, -0.15) is 5.26 Å². The molecule has 0 radical (unpaired) electrons. The van der Waals surface area contributed by atoms with E-state index in [0.717, 1.165) is 19.3 Å². The van der Waals surface area contributed by atoms with Crippen molar-refractivity contribution in [2.45, 2.75) is 37.6 Å². The maximum absolute atomic E-state index is 11.5. The molecule has 0 amide bonds. The third kappa shape index (κ3) is 2.43. The van der Waals surface area contributed by atoms with Crippen LogP contribution in [0.1, 0.15) is 37.8 Å². The molecule has 0 aromatic carbocycles. The minimum Gasteiger partial charge on any atom is -0.480 e. The van der Waals surface area contributed by atoms with Crippen LogP contribution in [0, 0.1) is 11.3 Å². The maximum Gasteiger partial charge on any atom is 0.329 e. The Kier molecular flexibility index (Phi) is 3.47. The van der Waals surface area contributed by atoms with E-state index >= 15 is 0 Å². The Bertz CT molecular complexity index is 487. The molecule has 1 aromatic rings. The number of nitrogens with zero attached hydrogens (tertiary/aromatic N) is 2.